The third kappa shape index (κ3) is 2.24. The molecule has 6 heteroatoms. The van der Waals surface area contributed by atoms with Crippen molar-refractivity contribution in [3.8, 4) is 5.75 Å². The Morgan fingerprint density at radius 1 is 1.40 bits per heavy atom. The number of aliphatic hydroxyl groups is 2. The van der Waals surface area contributed by atoms with Crippen LogP contribution < -0.4 is 5.73 Å². The van der Waals surface area contributed by atoms with Crippen molar-refractivity contribution < 1.29 is 25.2 Å². The first-order valence-electron chi connectivity index (χ1n) is 4.08. The minimum absolute atomic E-state index is 0.183. The standard InChI is InChI=1S/C9H11NO5/c10-7(8(12)13)9(14,15)5-2-1-3-6(11)4-5/h1-4,7,11,14-15H,10H2,(H,12,13). The van der Waals surface area contributed by atoms with E-state index in [1.54, 1.807) is 0 Å². The topological polar surface area (TPSA) is 124 Å². The van der Waals surface area contributed by atoms with Gasteiger partial charge in [-0.15, -0.1) is 0 Å². The van der Waals surface area contributed by atoms with Gasteiger partial charge >= 0.3 is 5.97 Å². The summed E-state index contributed by atoms with van der Waals surface area (Å²) in [6.07, 6.45) is 0. The number of aromatic hydroxyl groups is 1. The Bertz CT molecular complexity index is 377. The van der Waals surface area contributed by atoms with Crippen molar-refractivity contribution in [3.63, 3.8) is 0 Å². The van der Waals surface area contributed by atoms with Crippen LogP contribution in [0.3, 0.4) is 0 Å². The summed E-state index contributed by atoms with van der Waals surface area (Å²) in [7, 11) is 0. The van der Waals surface area contributed by atoms with Gasteiger partial charge in [0.1, 0.15) is 5.75 Å². The molecule has 82 valence electrons. The van der Waals surface area contributed by atoms with Crippen LogP contribution in [0.15, 0.2) is 24.3 Å². The number of rotatable bonds is 3. The Morgan fingerprint density at radius 3 is 2.47 bits per heavy atom. The minimum atomic E-state index is -2.72. The second-order valence-electron chi connectivity index (χ2n) is 3.09. The van der Waals surface area contributed by atoms with E-state index in [1.807, 2.05) is 0 Å². The molecule has 0 radical (unpaired) electrons. The number of phenols is 1. The van der Waals surface area contributed by atoms with E-state index in [9.17, 15) is 15.0 Å². The lowest BCUT2D eigenvalue weighted by atomic mass is 9.98. The number of carboxylic acid groups (broad SMARTS) is 1. The van der Waals surface area contributed by atoms with Gasteiger partial charge in [0.05, 0.1) is 0 Å². The SMILES string of the molecule is NC(C(=O)O)C(O)(O)c1cccc(O)c1. The summed E-state index contributed by atoms with van der Waals surface area (Å²) in [4.78, 5) is 10.5. The Morgan fingerprint density at radius 2 is 2.00 bits per heavy atom. The maximum absolute atomic E-state index is 10.5. The Labute approximate surface area is 85.2 Å². The first-order chi connectivity index (χ1) is 6.85. The van der Waals surface area contributed by atoms with Gasteiger partial charge in [-0.3, -0.25) is 4.79 Å². The van der Waals surface area contributed by atoms with Crippen LogP contribution in [0.2, 0.25) is 0 Å². The van der Waals surface area contributed by atoms with E-state index in [0.717, 1.165) is 6.07 Å². The van der Waals surface area contributed by atoms with Gasteiger partial charge in [0, 0.05) is 5.56 Å². The first-order valence-corrected chi connectivity index (χ1v) is 4.08. The lowest BCUT2D eigenvalue weighted by Crippen LogP contribution is -2.50. The smallest absolute Gasteiger partial charge is 0.326 e. The average Bonchev–Trinajstić information content (AvgIpc) is 2.16. The highest BCUT2D eigenvalue weighted by Crippen LogP contribution is 2.24. The number of aliphatic carboxylic acids is 1. The fourth-order valence-electron chi connectivity index (χ4n) is 1.09. The van der Waals surface area contributed by atoms with E-state index >= 15 is 0 Å². The number of benzene rings is 1. The normalized spacial score (nSPS) is 13.5. The van der Waals surface area contributed by atoms with E-state index in [2.05, 4.69) is 0 Å². The molecular formula is C9H11NO5. The third-order valence-corrected chi connectivity index (χ3v) is 1.97. The molecule has 0 saturated heterocycles. The van der Waals surface area contributed by atoms with Crippen LogP contribution >= 0.6 is 0 Å². The fraction of sp³-hybridized carbons (Fsp3) is 0.222. The van der Waals surface area contributed by atoms with E-state index in [0.29, 0.717) is 0 Å². The van der Waals surface area contributed by atoms with Crippen LogP contribution in [0.1, 0.15) is 5.56 Å². The molecular weight excluding hydrogens is 202 g/mol. The van der Waals surface area contributed by atoms with Crippen LogP contribution in [-0.2, 0) is 10.6 Å². The van der Waals surface area contributed by atoms with Crippen molar-refractivity contribution in [2.24, 2.45) is 5.73 Å². The van der Waals surface area contributed by atoms with Gasteiger partial charge in [-0.2, -0.15) is 0 Å². The van der Waals surface area contributed by atoms with Gasteiger partial charge in [0.2, 0.25) is 5.79 Å². The van der Waals surface area contributed by atoms with Gasteiger partial charge in [0.25, 0.3) is 0 Å². The molecule has 0 heterocycles. The number of nitrogens with two attached hydrogens (primary N) is 1. The Hall–Kier alpha value is -1.63. The zero-order valence-electron chi connectivity index (χ0n) is 7.66. The second-order valence-corrected chi connectivity index (χ2v) is 3.09. The predicted molar refractivity (Wildman–Crippen MR) is 49.8 cm³/mol. The summed E-state index contributed by atoms with van der Waals surface area (Å²) in [6, 6.07) is 3.05. The number of phenolic OH excluding ortho intramolecular Hbond substituents is 1. The molecule has 0 fully saturated rings. The van der Waals surface area contributed by atoms with E-state index in [4.69, 9.17) is 15.9 Å². The van der Waals surface area contributed by atoms with Crippen LogP contribution in [-0.4, -0.2) is 32.4 Å². The molecule has 6 N–H and O–H groups in total. The Balaban J connectivity index is 3.10. The lowest BCUT2D eigenvalue weighted by Gasteiger charge is -2.25. The number of hydrogen-bond donors (Lipinski definition) is 5. The highest BCUT2D eigenvalue weighted by molar-refractivity contribution is 5.74. The molecule has 1 aromatic rings. The molecule has 0 aliphatic heterocycles. The maximum Gasteiger partial charge on any atom is 0.326 e. The quantitative estimate of drug-likeness (QED) is 0.408. The van der Waals surface area contributed by atoms with Crippen molar-refractivity contribution in [3.05, 3.63) is 29.8 Å². The van der Waals surface area contributed by atoms with Gasteiger partial charge in [-0.1, -0.05) is 12.1 Å². The third-order valence-electron chi connectivity index (χ3n) is 1.97. The summed E-state index contributed by atoms with van der Waals surface area (Å²) in [5.74, 6) is -4.48. The molecule has 1 rings (SSSR count). The monoisotopic (exact) mass is 213 g/mol. The van der Waals surface area contributed by atoms with Gasteiger partial charge < -0.3 is 26.2 Å². The van der Waals surface area contributed by atoms with Crippen LogP contribution in [0.4, 0.5) is 0 Å². The first kappa shape index (κ1) is 11.4. The summed E-state index contributed by atoms with van der Waals surface area (Å²) < 4.78 is 0. The van der Waals surface area contributed by atoms with Crippen molar-refractivity contribution in [1.29, 1.82) is 0 Å². The second kappa shape index (κ2) is 3.85. The zero-order valence-corrected chi connectivity index (χ0v) is 7.66. The van der Waals surface area contributed by atoms with E-state index in [1.165, 1.54) is 18.2 Å². The minimum Gasteiger partial charge on any atom is -0.508 e. The molecule has 0 saturated carbocycles. The average molecular weight is 213 g/mol. The number of carboxylic acids is 1. The van der Waals surface area contributed by atoms with Gasteiger partial charge in [-0.05, 0) is 12.1 Å². The molecule has 0 aliphatic carbocycles. The van der Waals surface area contributed by atoms with Gasteiger partial charge in [-0.25, -0.2) is 0 Å². The lowest BCUT2D eigenvalue weighted by molar-refractivity contribution is -0.197. The van der Waals surface area contributed by atoms with Crippen LogP contribution in [0.25, 0.3) is 0 Å². The largest absolute Gasteiger partial charge is 0.508 e. The molecule has 0 bridgehead atoms. The van der Waals surface area contributed by atoms with Crippen LogP contribution in [0, 0.1) is 0 Å². The zero-order chi connectivity index (χ0) is 11.6. The number of carbonyl (C=O) groups is 1. The van der Waals surface area contributed by atoms with Crippen LogP contribution in [0.5, 0.6) is 5.75 Å². The molecule has 0 amide bonds. The molecule has 1 aromatic carbocycles. The predicted octanol–water partition coefficient (Wildman–Crippen LogP) is -1.06. The summed E-state index contributed by atoms with van der Waals surface area (Å²) in [5, 5.41) is 36.6. The van der Waals surface area contributed by atoms with Crippen molar-refractivity contribution in [1.82, 2.24) is 0 Å². The van der Waals surface area contributed by atoms with Crippen molar-refractivity contribution in [2.75, 3.05) is 0 Å². The maximum atomic E-state index is 10.5. The summed E-state index contributed by atoms with van der Waals surface area (Å²) in [6.45, 7) is 0. The molecule has 0 aromatic heterocycles. The molecule has 6 nitrogen and oxygen atoms in total. The van der Waals surface area contributed by atoms with Crippen molar-refractivity contribution >= 4 is 5.97 Å². The highest BCUT2D eigenvalue weighted by atomic mass is 16.5. The molecule has 15 heavy (non-hydrogen) atoms. The number of hydrogen-bond acceptors (Lipinski definition) is 5. The van der Waals surface area contributed by atoms with Crippen molar-refractivity contribution in [2.45, 2.75) is 11.8 Å². The summed E-state index contributed by atoms with van der Waals surface area (Å²) >= 11 is 0. The molecule has 0 spiro atoms. The van der Waals surface area contributed by atoms with Gasteiger partial charge in [0.15, 0.2) is 6.04 Å². The fourth-order valence-corrected chi connectivity index (χ4v) is 1.09. The van der Waals surface area contributed by atoms with E-state index in [-0.39, 0.29) is 11.3 Å². The molecule has 0 aliphatic rings. The molecule has 1 unspecified atom stereocenters. The van der Waals surface area contributed by atoms with E-state index < -0.39 is 17.8 Å². The molecule has 1 atom stereocenters. The highest BCUT2D eigenvalue weighted by Gasteiger charge is 2.39. The Kier molecular flexibility index (Phi) is 2.94. The summed E-state index contributed by atoms with van der Waals surface area (Å²) in [5.41, 5.74) is 4.91.